The number of ether oxygens (including phenoxy) is 1. The molecule has 1 aliphatic heterocycles. The van der Waals surface area contributed by atoms with Crippen LogP contribution in [-0.4, -0.2) is 37.5 Å². The lowest BCUT2D eigenvalue weighted by molar-refractivity contribution is -0.0551. The van der Waals surface area contributed by atoms with Crippen LogP contribution in [0.3, 0.4) is 0 Å². The first-order chi connectivity index (χ1) is 8.73. The van der Waals surface area contributed by atoms with Crippen molar-refractivity contribution in [2.75, 3.05) is 13.2 Å². The van der Waals surface area contributed by atoms with Crippen molar-refractivity contribution < 1.29 is 13.2 Å². The largest absolute Gasteiger partial charge is 0.375 e. The topological polar surface area (TPSA) is 46.6 Å². The predicted octanol–water partition coefficient (Wildman–Crippen LogP) is 2.64. The van der Waals surface area contributed by atoms with Crippen LogP contribution in [0, 0.1) is 0 Å². The van der Waals surface area contributed by atoms with Crippen molar-refractivity contribution in [3.8, 4) is 0 Å². The van der Waals surface area contributed by atoms with Gasteiger partial charge in [-0.25, -0.2) is 8.42 Å². The van der Waals surface area contributed by atoms with E-state index in [2.05, 4.69) is 15.9 Å². The first-order valence-corrected chi connectivity index (χ1v) is 8.37. The molecule has 1 aliphatic rings. The van der Waals surface area contributed by atoms with E-state index in [1.807, 2.05) is 20.8 Å². The second kappa shape index (κ2) is 5.16. The lowest BCUT2D eigenvalue weighted by Gasteiger charge is -2.43. The maximum atomic E-state index is 12.7. The first-order valence-electron chi connectivity index (χ1n) is 6.13. The van der Waals surface area contributed by atoms with Gasteiger partial charge in [-0.05, 0) is 45.0 Å². The van der Waals surface area contributed by atoms with Gasteiger partial charge in [0.25, 0.3) is 0 Å². The summed E-state index contributed by atoms with van der Waals surface area (Å²) < 4.78 is 33.4. The molecule has 0 N–H and O–H groups in total. The summed E-state index contributed by atoms with van der Waals surface area (Å²) in [4.78, 5) is 0.317. The molecule has 106 valence electrons. The fourth-order valence-electron chi connectivity index (χ4n) is 2.11. The summed E-state index contributed by atoms with van der Waals surface area (Å²) in [7, 11) is -3.49. The van der Waals surface area contributed by atoms with Crippen LogP contribution < -0.4 is 0 Å². The van der Waals surface area contributed by atoms with Crippen molar-refractivity contribution in [1.82, 2.24) is 4.31 Å². The molecule has 1 heterocycles. The molecular formula is C13H18BrNO3S. The van der Waals surface area contributed by atoms with Crippen LogP contribution in [0.1, 0.15) is 20.8 Å². The fraction of sp³-hybridized carbons (Fsp3) is 0.538. The number of halogens is 1. The molecule has 0 bridgehead atoms. The van der Waals surface area contributed by atoms with E-state index >= 15 is 0 Å². The molecule has 0 spiro atoms. The number of morpholine rings is 1. The van der Waals surface area contributed by atoms with E-state index in [4.69, 9.17) is 4.74 Å². The van der Waals surface area contributed by atoms with Crippen molar-refractivity contribution in [2.45, 2.75) is 37.3 Å². The number of rotatable bonds is 2. The highest BCUT2D eigenvalue weighted by molar-refractivity contribution is 9.10. The summed E-state index contributed by atoms with van der Waals surface area (Å²) in [5, 5.41) is 0. The highest BCUT2D eigenvalue weighted by Gasteiger charge is 2.41. The quantitative estimate of drug-likeness (QED) is 0.826. The molecule has 1 fully saturated rings. The second-order valence-corrected chi connectivity index (χ2v) is 8.20. The van der Waals surface area contributed by atoms with Gasteiger partial charge < -0.3 is 4.74 Å². The maximum Gasteiger partial charge on any atom is 0.243 e. The molecule has 4 nitrogen and oxygen atoms in total. The van der Waals surface area contributed by atoms with E-state index in [9.17, 15) is 8.42 Å². The van der Waals surface area contributed by atoms with Crippen LogP contribution in [-0.2, 0) is 14.8 Å². The molecular weight excluding hydrogens is 330 g/mol. The maximum absolute atomic E-state index is 12.7. The molecule has 0 radical (unpaired) electrons. The summed E-state index contributed by atoms with van der Waals surface area (Å²) >= 11 is 3.31. The summed E-state index contributed by atoms with van der Waals surface area (Å²) in [6, 6.07) is 6.72. The van der Waals surface area contributed by atoms with Crippen LogP contribution >= 0.6 is 15.9 Å². The van der Waals surface area contributed by atoms with Crippen molar-refractivity contribution in [2.24, 2.45) is 0 Å². The van der Waals surface area contributed by atoms with Crippen molar-refractivity contribution >= 4 is 26.0 Å². The lowest BCUT2D eigenvalue weighted by Crippen LogP contribution is -2.57. The Balaban J connectivity index is 2.40. The van der Waals surface area contributed by atoms with Gasteiger partial charge in [0, 0.05) is 11.0 Å². The Morgan fingerprint density at radius 1 is 1.32 bits per heavy atom. The summed E-state index contributed by atoms with van der Waals surface area (Å²) in [5.41, 5.74) is -0.529. The third kappa shape index (κ3) is 3.02. The molecule has 0 aliphatic carbocycles. The molecule has 6 heteroatoms. The smallest absolute Gasteiger partial charge is 0.243 e. The Morgan fingerprint density at radius 2 is 1.89 bits per heavy atom. The SMILES string of the molecule is CC1CN(S(=O)(=O)c2ccc(Br)cc2)C(C)(C)CO1. The van der Waals surface area contributed by atoms with Crippen LogP contribution in [0.4, 0.5) is 0 Å². The van der Waals surface area contributed by atoms with E-state index in [1.54, 1.807) is 24.3 Å². The van der Waals surface area contributed by atoms with Crippen LogP contribution in [0.15, 0.2) is 33.6 Å². The molecule has 1 aromatic rings. The van der Waals surface area contributed by atoms with E-state index in [0.29, 0.717) is 18.0 Å². The highest BCUT2D eigenvalue weighted by atomic mass is 79.9. The van der Waals surface area contributed by atoms with Crippen LogP contribution in [0.2, 0.25) is 0 Å². The zero-order valence-corrected chi connectivity index (χ0v) is 13.7. The molecule has 1 saturated heterocycles. The standard InChI is InChI=1S/C13H18BrNO3S/c1-10-8-15(13(2,3)9-18-10)19(16,17)12-6-4-11(14)5-7-12/h4-7,10H,8-9H2,1-3H3. The zero-order valence-electron chi connectivity index (χ0n) is 11.3. The minimum absolute atomic E-state index is 0.0850. The van der Waals surface area contributed by atoms with Gasteiger partial charge in [0.2, 0.25) is 10.0 Å². The number of benzene rings is 1. The Bertz CT molecular complexity index is 554. The molecule has 0 saturated carbocycles. The average molecular weight is 348 g/mol. The molecule has 1 atom stereocenters. The Labute approximate surface area is 122 Å². The summed E-state index contributed by atoms with van der Waals surface area (Å²) in [6.45, 7) is 6.44. The molecule has 1 aromatic carbocycles. The van der Waals surface area contributed by atoms with Crippen molar-refractivity contribution in [1.29, 1.82) is 0 Å². The lowest BCUT2D eigenvalue weighted by atomic mass is 10.1. The number of nitrogens with zero attached hydrogens (tertiary/aromatic N) is 1. The monoisotopic (exact) mass is 347 g/mol. The number of hydrogen-bond acceptors (Lipinski definition) is 3. The van der Waals surface area contributed by atoms with Gasteiger partial charge in [-0.15, -0.1) is 0 Å². The molecule has 19 heavy (non-hydrogen) atoms. The summed E-state index contributed by atoms with van der Waals surface area (Å²) in [6.07, 6.45) is -0.0850. The molecule has 2 rings (SSSR count). The van der Waals surface area contributed by atoms with Crippen molar-refractivity contribution in [3.05, 3.63) is 28.7 Å². The fourth-order valence-corrected chi connectivity index (χ4v) is 4.22. The first kappa shape index (κ1) is 15.0. The van der Waals surface area contributed by atoms with E-state index < -0.39 is 15.6 Å². The van der Waals surface area contributed by atoms with Gasteiger partial charge in [-0.3, -0.25) is 0 Å². The minimum atomic E-state index is -3.49. The third-order valence-electron chi connectivity index (χ3n) is 3.22. The van der Waals surface area contributed by atoms with E-state index in [0.717, 1.165) is 4.47 Å². The number of hydrogen-bond donors (Lipinski definition) is 0. The summed E-state index contributed by atoms with van der Waals surface area (Å²) in [5.74, 6) is 0. The van der Waals surface area contributed by atoms with E-state index in [1.165, 1.54) is 4.31 Å². The molecule has 0 aromatic heterocycles. The van der Waals surface area contributed by atoms with Gasteiger partial charge in [0.05, 0.1) is 23.1 Å². The van der Waals surface area contributed by atoms with E-state index in [-0.39, 0.29) is 6.10 Å². The van der Waals surface area contributed by atoms with Gasteiger partial charge in [-0.2, -0.15) is 4.31 Å². The number of sulfonamides is 1. The zero-order chi connectivity index (χ0) is 14.3. The predicted molar refractivity (Wildman–Crippen MR) is 77.5 cm³/mol. The Hall–Kier alpha value is -0.430. The Morgan fingerprint density at radius 3 is 2.47 bits per heavy atom. The second-order valence-electron chi connectivity index (χ2n) is 5.42. The van der Waals surface area contributed by atoms with Gasteiger partial charge in [-0.1, -0.05) is 15.9 Å². The Kier molecular flexibility index (Phi) is 4.07. The van der Waals surface area contributed by atoms with Gasteiger partial charge in [0.15, 0.2) is 0 Å². The minimum Gasteiger partial charge on any atom is -0.375 e. The van der Waals surface area contributed by atoms with Crippen LogP contribution in [0.25, 0.3) is 0 Å². The van der Waals surface area contributed by atoms with Gasteiger partial charge >= 0.3 is 0 Å². The molecule has 0 amide bonds. The average Bonchev–Trinajstić information content (AvgIpc) is 2.33. The highest BCUT2D eigenvalue weighted by Crippen LogP contribution is 2.29. The normalized spacial score (nSPS) is 24.3. The van der Waals surface area contributed by atoms with Crippen molar-refractivity contribution in [3.63, 3.8) is 0 Å². The van der Waals surface area contributed by atoms with Gasteiger partial charge in [0.1, 0.15) is 0 Å². The van der Waals surface area contributed by atoms with Crippen LogP contribution in [0.5, 0.6) is 0 Å². The third-order valence-corrected chi connectivity index (χ3v) is 5.84. The molecule has 1 unspecified atom stereocenters.